The zero-order valence-corrected chi connectivity index (χ0v) is 49.2. The van der Waals surface area contributed by atoms with E-state index in [4.69, 9.17) is 61.6 Å². The van der Waals surface area contributed by atoms with Crippen LogP contribution in [-0.4, -0.2) is 219 Å². The first-order chi connectivity index (χ1) is 41.4. The van der Waals surface area contributed by atoms with E-state index in [9.17, 15) is 31.6 Å². The summed E-state index contributed by atoms with van der Waals surface area (Å²) in [6.07, 6.45) is -1.48. The Morgan fingerprint density at radius 3 is 1.54 bits per heavy atom. The number of carbonyl (C=O) groups excluding carboxylic acids is 1. The Morgan fingerprint density at radius 1 is 0.588 bits per heavy atom. The van der Waals surface area contributed by atoms with E-state index in [0.29, 0.717) is 200 Å². The van der Waals surface area contributed by atoms with Crippen molar-refractivity contribution >= 4 is 38.4 Å². The van der Waals surface area contributed by atoms with Crippen LogP contribution in [0.3, 0.4) is 0 Å². The number of alkyl halides is 3. The number of ether oxygens (including phenoxy) is 13. The lowest BCUT2D eigenvalue weighted by Crippen LogP contribution is -2.49. The van der Waals surface area contributed by atoms with Crippen LogP contribution in [0.4, 0.5) is 24.1 Å². The predicted octanol–water partition coefficient (Wildman–Crippen LogP) is 6.62. The first-order valence-electron chi connectivity index (χ1n) is 27.6. The second kappa shape index (κ2) is 38.9. The summed E-state index contributed by atoms with van der Waals surface area (Å²) in [7, 11) is -2.49. The largest absolute Gasteiger partial charge is 0.455 e. The number of hydrogen-bond acceptors (Lipinski definition) is 22. The van der Waals surface area contributed by atoms with Gasteiger partial charge in [0.1, 0.15) is 29.7 Å². The van der Waals surface area contributed by atoms with Crippen molar-refractivity contribution in [2.45, 2.75) is 17.5 Å². The number of aromatic nitrogens is 3. The molecule has 5 aromatic rings. The summed E-state index contributed by atoms with van der Waals surface area (Å²) in [4.78, 5) is 25.2. The molecule has 23 nitrogen and oxygen atoms in total. The zero-order chi connectivity index (χ0) is 60.2. The Bertz CT molecular complexity index is 2830. The Hall–Kier alpha value is -6.01. The molecule has 3 heterocycles. The van der Waals surface area contributed by atoms with Crippen molar-refractivity contribution in [2.75, 3.05) is 195 Å². The zero-order valence-electron chi connectivity index (χ0n) is 47.5. The van der Waals surface area contributed by atoms with Crippen molar-refractivity contribution in [1.82, 2.24) is 19.2 Å². The molecule has 0 atom stereocenters. The molecular formula is C57H74F3N7O16S2. The first-order valence-corrected chi connectivity index (χ1v) is 29.9. The van der Waals surface area contributed by atoms with Crippen LogP contribution in [0.5, 0.6) is 11.5 Å². The van der Waals surface area contributed by atoms with Crippen LogP contribution in [0.15, 0.2) is 90.2 Å². The molecular weight excluding hydrogens is 1160 g/mol. The van der Waals surface area contributed by atoms with E-state index in [1.165, 1.54) is 36.7 Å². The topological polar surface area (TPSA) is 252 Å². The molecule has 2 aromatic heterocycles. The lowest BCUT2D eigenvalue weighted by molar-refractivity contribution is -0.137. The standard InChI is InChI=1S/C57H74F3N7O16S2/c1-71-18-19-73-22-23-75-26-27-77-30-31-79-34-35-81-38-39-82-37-36-80-33-32-78-29-28-76-25-24-74-21-20-72-17-11-55(68)67-15-13-66(14-16-67)54-42-47(10-12-62-54)51-41-46(45-2-5-49(6-3-45)57(58,59)60)4-8-53(51)83-52-9-7-50(40-48(52)43-61)85(69,70)65-56-63-44-64-84-56/h2-10,12,40-42,44H,11,13-39H2,1H3,(H,63,64,65). The fourth-order valence-electron chi connectivity index (χ4n) is 7.94. The summed E-state index contributed by atoms with van der Waals surface area (Å²) >= 11 is 0.848. The quantitative estimate of drug-likeness (QED) is 0.0402. The third-order valence-corrected chi connectivity index (χ3v) is 14.4. The average molecular weight is 1230 g/mol. The Labute approximate surface area is 497 Å². The fourth-order valence-corrected chi connectivity index (χ4v) is 9.63. The maximum absolute atomic E-state index is 13.5. The molecule has 85 heavy (non-hydrogen) atoms. The van der Waals surface area contributed by atoms with Crippen molar-refractivity contribution in [2.24, 2.45) is 0 Å². The molecule has 1 amide bonds. The van der Waals surface area contributed by atoms with Crippen molar-refractivity contribution < 1.29 is 88.0 Å². The smallest absolute Gasteiger partial charge is 0.416 e. The van der Waals surface area contributed by atoms with E-state index in [2.05, 4.69) is 19.1 Å². The highest BCUT2D eigenvalue weighted by molar-refractivity contribution is 7.93. The summed E-state index contributed by atoms with van der Waals surface area (Å²) in [5.41, 5.74) is 1.36. The number of nitrogens with one attached hydrogen (secondary N) is 1. The Morgan fingerprint density at radius 2 is 1.07 bits per heavy atom. The van der Waals surface area contributed by atoms with Gasteiger partial charge in [-0.25, -0.2) is 18.4 Å². The van der Waals surface area contributed by atoms with Crippen LogP contribution in [0.25, 0.3) is 22.3 Å². The number of amides is 1. The number of carbonyl (C=O) groups is 1. The van der Waals surface area contributed by atoms with Gasteiger partial charge in [0.2, 0.25) is 11.0 Å². The van der Waals surface area contributed by atoms with Gasteiger partial charge in [-0.15, -0.1) is 0 Å². The van der Waals surface area contributed by atoms with Crippen molar-refractivity contribution in [3.8, 4) is 39.8 Å². The molecule has 1 N–H and O–H groups in total. The minimum Gasteiger partial charge on any atom is -0.455 e. The molecule has 0 saturated carbocycles. The van der Waals surface area contributed by atoms with E-state index >= 15 is 0 Å². The number of halogens is 3. The van der Waals surface area contributed by atoms with Gasteiger partial charge in [0, 0.05) is 56.6 Å². The van der Waals surface area contributed by atoms with Gasteiger partial charge in [-0.3, -0.25) is 9.52 Å². The minimum atomic E-state index is -4.51. The van der Waals surface area contributed by atoms with E-state index in [-0.39, 0.29) is 46.0 Å². The molecule has 0 bridgehead atoms. The number of nitriles is 1. The van der Waals surface area contributed by atoms with Gasteiger partial charge < -0.3 is 71.4 Å². The second-order valence-corrected chi connectivity index (χ2v) is 20.7. The van der Waals surface area contributed by atoms with Gasteiger partial charge in [-0.1, -0.05) is 18.2 Å². The molecule has 28 heteroatoms. The van der Waals surface area contributed by atoms with Crippen molar-refractivity contribution in [3.63, 3.8) is 0 Å². The summed E-state index contributed by atoms with van der Waals surface area (Å²) < 4.78 is 144. The molecule has 0 unspecified atom stereocenters. The lowest BCUT2D eigenvalue weighted by atomic mass is 9.97. The van der Waals surface area contributed by atoms with Gasteiger partial charge in [0.05, 0.1) is 174 Å². The van der Waals surface area contributed by atoms with Crippen LogP contribution in [0, 0.1) is 11.3 Å². The van der Waals surface area contributed by atoms with E-state index < -0.39 is 21.8 Å². The number of nitrogens with zero attached hydrogens (tertiary/aromatic N) is 6. The van der Waals surface area contributed by atoms with E-state index in [1.807, 2.05) is 17.0 Å². The average Bonchev–Trinajstić information content (AvgIpc) is 3.36. The number of pyridine rings is 1. The molecule has 3 aromatic carbocycles. The summed E-state index contributed by atoms with van der Waals surface area (Å²) in [5, 5.41) is 10.2. The number of methoxy groups -OCH3 is 1. The highest BCUT2D eigenvalue weighted by Gasteiger charge is 2.30. The maximum Gasteiger partial charge on any atom is 0.416 e. The molecule has 0 aliphatic carbocycles. The molecule has 0 spiro atoms. The molecule has 6 rings (SSSR count). The Balaban J connectivity index is 0.799. The number of hydrogen-bond donors (Lipinski definition) is 1. The van der Waals surface area contributed by atoms with Gasteiger partial charge in [0.25, 0.3) is 10.0 Å². The third-order valence-electron chi connectivity index (χ3n) is 12.3. The van der Waals surface area contributed by atoms with Crippen molar-refractivity contribution in [3.05, 3.63) is 96.4 Å². The summed E-state index contributed by atoms with van der Waals surface area (Å²) in [5.74, 6) is 0.895. The molecule has 1 aliphatic heterocycles. The van der Waals surface area contributed by atoms with Crippen LogP contribution in [0.1, 0.15) is 17.5 Å². The predicted molar refractivity (Wildman–Crippen MR) is 306 cm³/mol. The van der Waals surface area contributed by atoms with Crippen molar-refractivity contribution in [1.29, 1.82) is 5.26 Å². The van der Waals surface area contributed by atoms with E-state index in [0.717, 1.165) is 23.7 Å². The summed E-state index contributed by atoms with van der Waals surface area (Å²) in [6.45, 7) is 12.2. The number of rotatable bonds is 44. The van der Waals surface area contributed by atoms with Gasteiger partial charge >= 0.3 is 6.18 Å². The number of anilines is 2. The lowest BCUT2D eigenvalue weighted by Gasteiger charge is -2.35. The van der Waals surface area contributed by atoms with Gasteiger partial charge in [0.15, 0.2) is 0 Å². The third kappa shape index (κ3) is 25.5. The number of sulfonamides is 1. The number of piperazine rings is 1. The SMILES string of the molecule is COCCOCCOCCOCCOCCOCCOCCOCCOCCOCCOCCOCCC(=O)N1CCN(c2cc(-c3cc(-c4ccc(C(F)(F)F)cc4)ccc3Oc3ccc(S(=O)(=O)Nc4ncns4)cc3C#N)ccn2)CC1. The first kappa shape index (κ1) is 68.1. The molecule has 1 aliphatic rings. The summed E-state index contributed by atoms with van der Waals surface area (Å²) in [6, 6.07) is 19.3. The molecule has 0 radical (unpaired) electrons. The Kier molecular flexibility index (Phi) is 31.2. The molecule has 466 valence electrons. The van der Waals surface area contributed by atoms with Gasteiger partial charge in [-0.2, -0.15) is 22.8 Å². The normalized spacial score (nSPS) is 12.9. The highest BCUT2D eigenvalue weighted by Crippen LogP contribution is 2.40. The maximum atomic E-state index is 13.5. The van der Waals surface area contributed by atoms with Crippen LogP contribution >= 0.6 is 11.5 Å². The highest BCUT2D eigenvalue weighted by atomic mass is 32.2. The van der Waals surface area contributed by atoms with Gasteiger partial charge in [-0.05, 0) is 71.3 Å². The molecule has 1 fully saturated rings. The van der Waals surface area contributed by atoms with Crippen LogP contribution in [0.2, 0.25) is 0 Å². The van der Waals surface area contributed by atoms with Crippen LogP contribution in [-0.2, 0) is 77.8 Å². The number of benzene rings is 3. The minimum absolute atomic E-state index is 0.0412. The molecule has 1 saturated heterocycles. The monoisotopic (exact) mass is 1230 g/mol. The fraction of sp³-hybridized carbons (Fsp3) is 0.526. The second-order valence-electron chi connectivity index (χ2n) is 18.3. The van der Waals surface area contributed by atoms with Crippen LogP contribution < -0.4 is 14.4 Å². The van der Waals surface area contributed by atoms with E-state index in [1.54, 1.807) is 42.5 Å².